The lowest BCUT2D eigenvalue weighted by Gasteiger charge is -2.12. The van der Waals surface area contributed by atoms with Crippen LogP contribution in [0.2, 0.25) is 0 Å². The van der Waals surface area contributed by atoms with Crippen molar-refractivity contribution in [3.63, 3.8) is 0 Å². The van der Waals surface area contributed by atoms with Gasteiger partial charge < -0.3 is 10.5 Å². The SMILES string of the molecule is Cc1ccccc[pH]c2c(C(/C=C\C=C/N)=C\COc3ccccc3-c3ccccc3)cccc12. The van der Waals surface area contributed by atoms with Gasteiger partial charge in [-0.2, -0.15) is 0 Å². The highest BCUT2D eigenvalue weighted by molar-refractivity contribution is 7.36. The van der Waals surface area contributed by atoms with Gasteiger partial charge in [0.25, 0.3) is 0 Å². The van der Waals surface area contributed by atoms with Crippen LogP contribution in [0.4, 0.5) is 0 Å². The molecule has 35 heavy (non-hydrogen) atoms. The van der Waals surface area contributed by atoms with Gasteiger partial charge in [0.2, 0.25) is 0 Å². The van der Waals surface area contributed by atoms with Crippen LogP contribution in [0.1, 0.15) is 11.1 Å². The van der Waals surface area contributed by atoms with Gasteiger partial charge in [0.05, 0.1) is 0 Å². The van der Waals surface area contributed by atoms with Crippen molar-refractivity contribution in [1.82, 2.24) is 0 Å². The van der Waals surface area contributed by atoms with Crippen LogP contribution >= 0.6 is 8.19 Å². The molecule has 0 radical (unpaired) electrons. The Bertz CT molecular complexity index is 1410. The molecule has 0 amide bonds. The molecule has 1 aromatic heterocycles. The van der Waals surface area contributed by atoms with Gasteiger partial charge in [-0.15, -0.1) is 8.19 Å². The molecule has 0 aliphatic heterocycles. The van der Waals surface area contributed by atoms with Crippen LogP contribution in [0.25, 0.3) is 27.2 Å². The Kier molecular flexibility index (Phi) is 8.59. The highest BCUT2D eigenvalue weighted by Crippen LogP contribution is 2.33. The van der Waals surface area contributed by atoms with Crippen LogP contribution in [0.15, 0.2) is 133 Å². The van der Waals surface area contributed by atoms with E-state index in [0.29, 0.717) is 14.8 Å². The third-order valence-corrected chi connectivity index (χ3v) is 6.89. The first-order valence-corrected chi connectivity index (χ1v) is 12.8. The van der Waals surface area contributed by atoms with Crippen molar-refractivity contribution in [2.45, 2.75) is 6.92 Å². The van der Waals surface area contributed by atoms with E-state index in [9.17, 15) is 0 Å². The molecule has 3 heteroatoms. The normalized spacial score (nSPS) is 12.0. The predicted octanol–water partition coefficient (Wildman–Crippen LogP) is 8.46. The lowest BCUT2D eigenvalue weighted by molar-refractivity contribution is 0.365. The first-order chi connectivity index (χ1) is 17.3. The van der Waals surface area contributed by atoms with Crippen molar-refractivity contribution in [2.75, 3.05) is 6.61 Å². The maximum atomic E-state index is 6.29. The monoisotopic (exact) mass is 475 g/mol. The molecule has 0 saturated carbocycles. The van der Waals surface area contributed by atoms with E-state index in [4.69, 9.17) is 10.5 Å². The minimum Gasteiger partial charge on any atom is -0.489 e. The second-order valence-corrected chi connectivity index (χ2v) is 9.16. The van der Waals surface area contributed by atoms with E-state index in [2.05, 4.69) is 85.5 Å². The number of hydrogen-bond acceptors (Lipinski definition) is 2. The summed E-state index contributed by atoms with van der Waals surface area (Å²) in [4.78, 5) is 0. The van der Waals surface area contributed by atoms with Crippen molar-refractivity contribution in [2.24, 2.45) is 5.73 Å². The van der Waals surface area contributed by atoms with Gasteiger partial charge in [-0.1, -0.05) is 103 Å². The van der Waals surface area contributed by atoms with E-state index < -0.39 is 0 Å². The fraction of sp³-hybridized carbons (Fsp3) is 0.0625. The van der Waals surface area contributed by atoms with E-state index in [1.807, 2.05) is 48.6 Å². The molecule has 4 aromatic rings. The number of allylic oxidation sites excluding steroid dienone is 4. The van der Waals surface area contributed by atoms with E-state index >= 15 is 0 Å². The first kappa shape index (κ1) is 24.1. The molecule has 0 aliphatic carbocycles. The van der Waals surface area contributed by atoms with E-state index in [1.54, 1.807) is 6.20 Å². The highest BCUT2D eigenvalue weighted by Gasteiger charge is 2.07. The fourth-order valence-electron chi connectivity index (χ4n) is 3.98. The van der Waals surface area contributed by atoms with Crippen LogP contribution in [0.5, 0.6) is 5.75 Å². The molecule has 0 fully saturated rings. The first-order valence-electron chi connectivity index (χ1n) is 11.7. The molecule has 174 valence electrons. The molecular weight excluding hydrogens is 445 g/mol. The van der Waals surface area contributed by atoms with Crippen LogP contribution in [0, 0.1) is 6.92 Å². The molecule has 1 atom stereocenters. The number of hydrogen-bond donors (Lipinski definition) is 1. The van der Waals surface area contributed by atoms with Crippen molar-refractivity contribution in [1.29, 1.82) is 0 Å². The maximum absolute atomic E-state index is 6.29. The summed E-state index contributed by atoms with van der Waals surface area (Å²) in [5.74, 6) is 3.11. The van der Waals surface area contributed by atoms with E-state index in [1.165, 1.54) is 21.6 Å². The molecule has 3 aromatic carbocycles. The zero-order valence-electron chi connectivity index (χ0n) is 19.9. The summed E-state index contributed by atoms with van der Waals surface area (Å²) in [5.41, 5.74) is 11.4. The number of aryl methyl sites for hydroxylation is 1. The van der Waals surface area contributed by atoms with E-state index in [-0.39, 0.29) is 0 Å². The van der Waals surface area contributed by atoms with Gasteiger partial charge in [0, 0.05) is 10.7 Å². The predicted molar refractivity (Wildman–Crippen MR) is 154 cm³/mol. The van der Waals surface area contributed by atoms with Gasteiger partial charge in [0.15, 0.2) is 0 Å². The Hall–Kier alpha value is -4.00. The Morgan fingerprint density at radius 1 is 0.829 bits per heavy atom. The minimum absolute atomic E-state index is 0.453. The summed E-state index contributed by atoms with van der Waals surface area (Å²) in [6.45, 7) is 2.62. The lowest BCUT2D eigenvalue weighted by Crippen LogP contribution is -1.97. The second kappa shape index (κ2) is 12.5. The van der Waals surface area contributed by atoms with Gasteiger partial charge in [-0.25, -0.2) is 0 Å². The Morgan fingerprint density at radius 3 is 2.46 bits per heavy atom. The number of rotatable bonds is 7. The van der Waals surface area contributed by atoms with Crippen molar-refractivity contribution in [3.05, 3.63) is 144 Å². The molecule has 0 spiro atoms. The number of nitrogens with two attached hydrogens (primary N) is 1. The Balaban J connectivity index is 1.74. The fourth-order valence-corrected chi connectivity index (χ4v) is 5.17. The molecule has 1 unspecified atom stereocenters. The minimum atomic E-state index is 0.453. The number of fused-ring (bicyclic) bond motifs is 1. The third-order valence-electron chi connectivity index (χ3n) is 5.70. The quantitative estimate of drug-likeness (QED) is 0.272. The van der Waals surface area contributed by atoms with Gasteiger partial charge in [0.1, 0.15) is 12.4 Å². The summed E-state index contributed by atoms with van der Waals surface area (Å²) >= 11 is 0. The van der Waals surface area contributed by atoms with Gasteiger partial charge in [-0.3, -0.25) is 0 Å². The molecule has 0 aliphatic rings. The molecular formula is C32H30NOP. The van der Waals surface area contributed by atoms with E-state index in [0.717, 1.165) is 22.4 Å². The molecule has 0 bridgehead atoms. The Morgan fingerprint density at radius 2 is 1.60 bits per heavy atom. The molecule has 1 heterocycles. The van der Waals surface area contributed by atoms with Crippen LogP contribution in [-0.4, -0.2) is 6.61 Å². The third kappa shape index (κ3) is 6.32. The molecule has 4 rings (SSSR count). The molecule has 0 saturated heterocycles. The standard InChI is InChI=1S/C32H30NOP/c1-25-13-4-3-11-24-35-32-28(25)18-12-19-30(32)27(16-9-10-22-33)21-23-34-31-20-8-7-17-29(31)26-14-5-2-6-15-26/h2-22,24,35H,23,33H2,1H3/b4-3?,16-9-,22-10-,24-11?,25-13?,27-21-. The highest BCUT2D eigenvalue weighted by atomic mass is 31.0. The number of ether oxygens (including phenoxy) is 1. The summed E-state index contributed by atoms with van der Waals surface area (Å²) in [5, 5.41) is 2.61. The number of para-hydroxylation sites is 1. The topological polar surface area (TPSA) is 35.2 Å². The zero-order valence-corrected chi connectivity index (χ0v) is 20.9. The van der Waals surface area contributed by atoms with Crippen molar-refractivity contribution < 1.29 is 4.74 Å². The lowest BCUT2D eigenvalue weighted by atomic mass is 10.0. The number of benzene rings is 3. The van der Waals surface area contributed by atoms with Crippen molar-refractivity contribution >= 4 is 24.3 Å². The average Bonchev–Trinajstić information content (AvgIpc) is 2.99. The maximum Gasteiger partial charge on any atom is 0.127 e. The summed E-state index contributed by atoms with van der Waals surface area (Å²) in [6, 6.07) is 33.5. The molecule has 2 nitrogen and oxygen atoms in total. The van der Waals surface area contributed by atoms with Gasteiger partial charge in [-0.05, 0) is 64.8 Å². The summed E-state index contributed by atoms with van der Waals surface area (Å²) < 4.78 is 6.29. The molecule has 2 N–H and O–H groups in total. The average molecular weight is 476 g/mol. The van der Waals surface area contributed by atoms with Gasteiger partial charge >= 0.3 is 0 Å². The van der Waals surface area contributed by atoms with Crippen LogP contribution < -0.4 is 10.5 Å². The Labute approximate surface area is 209 Å². The van der Waals surface area contributed by atoms with Crippen LogP contribution in [0.3, 0.4) is 0 Å². The zero-order chi connectivity index (χ0) is 24.3. The van der Waals surface area contributed by atoms with Crippen molar-refractivity contribution in [3.8, 4) is 16.9 Å². The second-order valence-electron chi connectivity index (χ2n) is 8.04. The largest absolute Gasteiger partial charge is 0.489 e. The summed E-state index contributed by atoms with van der Waals surface area (Å²) in [6.07, 6.45) is 9.61. The smallest absolute Gasteiger partial charge is 0.127 e. The summed E-state index contributed by atoms with van der Waals surface area (Å²) in [7, 11) is 0.566. The van der Waals surface area contributed by atoms with Crippen LogP contribution in [-0.2, 0) is 0 Å².